The summed E-state index contributed by atoms with van der Waals surface area (Å²) < 4.78 is 11.0. The van der Waals surface area contributed by atoms with Crippen molar-refractivity contribution in [3.05, 3.63) is 59.2 Å². The van der Waals surface area contributed by atoms with Crippen LogP contribution in [-0.2, 0) is 9.89 Å². The number of aliphatic imine (C=N–C) groups is 1. The molecule has 2 unspecified atom stereocenters. The fourth-order valence-electron chi connectivity index (χ4n) is 2.83. The fourth-order valence-corrected chi connectivity index (χ4v) is 4.40. The van der Waals surface area contributed by atoms with Gasteiger partial charge in [0.1, 0.15) is 5.75 Å². The smallest absolute Gasteiger partial charge is 0.188 e. The van der Waals surface area contributed by atoms with E-state index in [1.807, 2.05) is 13.3 Å². The average Bonchev–Trinajstić information content (AvgIpc) is 2.62. The van der Waals surface area contributed by atoms with Gasteiger partial charge in [-0.05, 0) is 30.3 Å². The number of nitrogens with zero attached hydrogens (tertiary/aromatic N) is 1. The second-order valence-electron chi connectivity index (χ2n) is 6.34. The van der Waals surface area contributed by atoms with Crippen molar-refractivity contribution in [2.45, 2.75) is 32.3 Å². The number of methoxy groups -OCH3 is 1. The molecule has 0 aromatic heterocycles. The predicted octanol–water partition coefficient (Wildman–Crippen LogP) is 4.66. The zero-order valence-corrected chi connectivity index (χ0v) is 16.8. The summed E-state index contributed by atoms with van der Waals surface area (Å²) in [5.74, 6) is 0.908. The summed E-state index contributed by atoms with van der Waals surface area (Å²) in [5, 5.41) is 1.32. The zero-order chi connectivity index (χ0) is 18.3. The van der Waals surface area contributed by atoms with E-state index < -0.39 is 0 Å². The minimum Gasteiger partial charge on any atom is -0.467 e. The molecule has 0 bridgehead atoms. The molecule has 2 aromatic carbocycles. The van der Waals surface area contributed by atoms with Crippen LogP contribution in [0.25, 0.3) is 0 Å². The first-order valence-electron chi connectivity index (χ1n) is 8.56. The third kappa shape index (κ3) is 4.90. The lowest BCUT2D eigenvalue weighted by Crippen LogP contribution is -2.21. The summed E-state index contributed by atoms with van der Waals surface area (Å²) in [5.41, 5.74) is 3.68. The van der Waals surface area contributed by atoms with E-state index >= 15 is 0 Å². The van der Waals surface area contributed by atoms with Gasteiger partial charge in [0.2, 0.25) is 0 Å². The SMILES string of the molecule is CCC(C)(Pc1ccccc1C=NC)c1cc(C)ccc1OCOC. The Hall–Kier alpha value is -1.70. The third-order valence-electron chi connectivity index (χ3n) is 4.41. The quantitative estimate of drug-likeness (QED) is 0.391. The molecule has 0 saturated carbocycles. The van der Waals surface area contributed by atoms with Gasteiger partial charge >= 0.3 is 0 Å². The van der Waals surface area contributed by atoms with Gasteiger partial charge in [-0.2, -0.15) is 0 Å². The summed E-state index contributed by atoms with van der Waals surface area (Å²) in [6, 6.07) is 14.9. The maximum atomic E-state index is 5.86. The van der Waals surface area contributed by atoms with Crippen LogP contribution in [0.1, 0.15) is 37.0 Å². The van der Waals surface area contributed by atoms with E-state index in [4.69, 9.17) is 9.47 Å². The molecule has 0 saturated heterocycles. The van der Waals surface area contributed by atoms with Crippen molar-refractivity contribution < 1.29 is 9.47 Å². The zero-order valence-electron chi connectivity index (χ0n) is 15.8. The van der Waals surface area contributed by atoms with Crippen molar-refractivity contribution >= 4 is 20.1 Å². The van der Waals surface area contributed by atoms with Gasteiger partial charge in [-0.15, -0.1) is 0 Å². The van der Waals surface area contributed by atoms with Crippen LogP contribution in [0.15, 0.2) is 47.5 Å². The van der Waals surface area contributed by atoms with Gasteiger partial charge in [0.15, 0.2) is 6.79 Å². The molecule has 2 atom stereocenters. The molecule has 0 N–H and O–H groups in total. The lowest BCUT2D eigenvalue weighted by molar-refractivity contribution is 0.0500. The van der Waals surface area contributed by atoms with Crippen molar-refractivity contribution in [2.24, 2.45) is 4.99 Å². The topological polar surface area (TPSA) is 30.8 Å². The van der Waals surface area contributed by atoms with Gasteiger partial charge in [0.05, 0.1) is 0 Å². The van der Waals surface area contributed by atoms with E-state index in [1.165, 1.54) is 22.0 Å². The maximum Gasteiger partial charge on any atom is 0.188 e. The standard InChI is InChI=1S/C21H28NO2P/c1-6-21(3,25-20-10-8-7-9-17(20)14-22-4)18-13-16(2)11-12-19(18)24-15-23-5/h7-14,25H,6,15H2,1-5H3. The molecule has 3 nitrogen and oxygen atoms in total. The summed E-state index contributed by atoms with van der Waals surface area (Å²) in [6.45, 7) is 6.95. The van der Waals surface area contributed by atoms with Crippen LogP contribution < -0.4 is 10.0 Å². The maximum absolute atomic E-state index is 5.86. The highest BCUT2D eigenvalue weighted by Gasteiger charge is 2.29. The van der Waals surface area contributed by atoms with E-state index in [-0.39, 0.29) is 11.9 Å². The average molecular weight is 357 g/mol. The first kappa shape index (κ1) is 19.6. The van der Waals surface area contributed by atoms with Crippen LogP contribution in [0.3, 0.4) is 0 Å². The molecule has 0 aliphatic rings. The molecule has 2 rings (SSSR count). The Balaban J connectivity index is 2.45. The predicted molar refractivity (Wildman–Crippen MR) is 109 cm³/mol. The highest BCUT2D eigenvalue weighted by Crippen LogP contribution is 2.47. The number of ether oxygens (including phenoxy) is 2. The van der Waals surface area contributed by atoms with Crippen LogP contribution in [0.4, 0.5) is 0 Å². The van der Waals surface area contributed by atoms with Crippen molar-refractivity contribution in [3.63, 3.8) is 0 Å². The van der Waals surface area contributed by atoms with Crippen LogP contribution in [0, 0.1) is 6.92 Å². The van der Waals surface area contributed by atoms with E-state index in [9.17, 15) is 0 Å². The Morgan fingerprint density at radius 3 is 2.64 bits per heavy atom. The molecule has 0 aliphatic heterocycles. The molecule has 25 heavy (non-hydrogen) atoms. The molecular weight excluding hydrogens is 329 g/mol. The van der Waals surface area contributed by atoms with Crippen molar-refractivity contribution in [1.29, 1.82) is 0 Å². The van der Waals surface area contributed by atoms with E-state index in [2.05, 4.69) is 68.2 Å². The van der Waals surface area contributed by atoms with E-state index in [0.717, 1.165) is 12.2 Å². The molecule has 0 aliphatic carbocycles. The van der Waals surface area contributed by atoms with Gasteiger partial charge in [-0.3, -0.25) is 4.99 Å². The lowest BCUT2D eigenvalue weighted by atomic mass is 9.95. The monoisotopic (exact) mass is 357 g/mol. The van der Waals surface area contributed by atoms with Crippen molar-refractivity contribution in [2.75, 3.05) is 21.0 Å². The molecular formula is C21H28NO2P. The second-order valence-corrected chi connectivity index (χ2v) is 8.23. The van der Waals surface area contributed by atoms with Gasteiger partial charge in [-0.1, -0.05) is 64.4 Å². The molecule has 0 radical (unpaired) electrons. The summed E-state index contributed by atoms with van der Waals surface area (Å²) in [7, 11) is 4.08. The summed E-state index contributed by atoms with van der Waals surface area (Å²) >= 11 is 0. The van der Waals surface area contributed by atoms with Crippen LogP contribution in [0.5, 0.6) is 5.75 Å². The number of benzene rings is 2. The summed E-state index contributed by atoms with van der Waals surface area (Å²) in [6.07, 6.45) is 2.97. The van der Waals surface area contributed by atoms with Gasteiger partial charge in [0, 0.05) is 31.1 Å². The highest BCUT2D eigenvalue weighted by molar-refractivity contribution is 7.48. The Morgan fingerprint density at radius 2 is 1.96 bits per heavy atom. The molecule has 0 heterocycles. The molecule has 2 aromatic rings. The van der Waals surface area contributed by atoms with Gasteiger partial charge in [0.25, 0.3) is 0 Å². The Morgan fingerprint density at radius 1 is 1.20 bits per heavy atom. The number of aryl methyl sites for hydroxylation is 1. The molecule has 0 fully saturated rings. The fraction of sp³-hybridized carbons (Fsp3) is 0.381. The van der Waals surface area contributed by atoms with Crippen LogP contribution in [-0.4, -0.2) is 27.2 Å². The van der Waals surface area contributed by atoms with Crippen molar-refractivity contribution in [1.82, 2.24) is 0 Å². The van der Waals surface area contributed by atoms with E-state index in [1.54, 1.807) is 7.11 Å². The minimum atomic E-state index is -0.00716. The molecule has 4 heteroatoms. The van der Waals surface area contributed by atoms with Crippen LogP contribution in [0.2, 0.25) is 0 Å². The third-order valence-corrected chi connectivity index (χ3v) is 6.31. The second kappa shape index (κ2) is 9.12. The molecule has 0 amide bonds. The largest absolute Gasteiger partial charge is 0.467 e. The Kier molecular flexibility index (Phi) is 7.16. The number of rotatable bonds is 8. The minimum absolute atomic E-state index is 0.00716. The van der Waals surface area contributed by atoms with Crippen LogP contribution >= 0.6 is 8.58 Å². The molecule has 134 valence electrons. The van der Waals surface area contributed by atoms with E-state index in [0.29, 0.717) is 8.58 Å². The van der Waals surface area contributed by atoms with Crippen molar-refractivity contribution in [3.8, 4) is 5.75 Å². The lowest BCUT2D eigenvalue weighted by Gasteiger charge is -2.32. The normalized spacial score (nSPS) is 14.3. The first-order valence-corrected chi connectivity index (χ1v) is 9.56. The first-order chi connectivity index (χ1) is 12.0. The Labute approximate surface area is 153 Å². The summed E-state index contributed by atoms with van der Waals surface area (Å²) in [4.78, 5) is 4.21. The van der Waals surface area contributed by atoms with Gasteiger partial charge < -0.3 is 9.47 Å². The Bertz CT molecular complexity index is 730. The number of hydrogen-bond donors (Lipinski definition) is 0. The van der Waals surface area contributed by atoms with Gasteiger partial charge in [-0.25, -0.2) is 0 Å². The highest BCUT2D eigenvalue weighted by atomic mass is 31.1. The molecule has 0 spiro atoms. The number of hydrogen-bond acceptors (Lipinski definition) is 3.